The first-order chi connectivity index (χ1) is 8.99. The van der Waals surface area contributed by atoms with E-state index in [9.17, 15) is 4.79 Å². The number of carboxylic acids is 1. The number of carbonyl (C=O) groups is 1. The van der Waals surface area contributed by atoms with Crippen LogP contribution in [0.4, 0.5) is 11.4 Å². The van der Waals surface area contributed by atoms with E-state index in [0.29, 0.717) is 15.7 Å². The van der Waals surface area contributed by atoms with E-state index in [1.807, 2.05) is 19.1 Å². The maximum Gasteiger partial charge on any atom is 0.337 e. The van der Waals surface area contributed by atoms with Crippen molar-refractivity contribution < 1.29 is 9.90 Å². The predicted molar refractivity (Wildman–Crippen MR) is 79.2 cm³/mol. The fraction of sp³-hybridized carbons (Fsp3) is 0.154. The molecule has 0 bridgehead atoms. The van der Waals surface area contributed by atoms with E-state index in [1.54, 1.807) is 12.1 Å². The Morgan fingerprint density at radius 2 is 2.16 bits per heavy atom. The first-order valence-electron chi connectivity index (χ1n) is 5.62. The van der Waals surface area contributed by atoms with Crippen molar-refractivity contribution in [3.63, 3.8) is 0 Å². The number of rotatable bonds is 4. The van der Waals surface area contributed by atoms with Crippen LogP contribution in [0, 0.1) is 0 Å². The molecule has 2 aromatic rings. The van der Waals surface area contributed by atoms with E-state index < -0.39 is 5.97 Å². The van der Waals surface area contributed by atoms with Crippen LogP contribution in [0.5, 0.6) is 0 Å². The maximum atomic E-state index is 11.2. The molecule has 0 aliphatic rings. The Morgan fingerprint density at radius 1 is 1.42 bits per heavy atom. The highest BCUT2D eigenvalue weighted by Crippen LogP contribution is 2.32. The van der Waals surface area contributed by atoms with Crippen LogP contribution in [0.1, 0.15) is 28.2 Å². The summed E-state index contributed by atoms with van der Waals surface area (Å²) >= 11 is 7.34. The van der Waals surface area contributed by atoms with E-state index in [4.69, 9.17) is 22.4 Å². The lowest BCUT2D eigenvalue weighted by Crippen LogP contribution is -2.11. The molecule has 0 spiro atoms. The molecule has 4 N–H and O–H groups in total. The monoisotopic (exact) mass is 296 g/mol. The zero-order chi connectivity index (χ0) is 14.0. The molecule has 1 atom stereocenters. The number of nitrogen functional groups attached to an aromatic ring is 1. The van der Waals surface area contributed by atoms with Crippen molar-refractivity contribution in [3.8, 4) is 0 Å². The summed E-state index contributed by atoms with van der Waals surface area (Å²) < 4.78 is 0.697. The number of nitrogens with one attached hydrogen (secondary N) is 1. The van der Waals surface area contributed by atoms with Crippen LogP contribution in [0.3, 0.4) is 0 Å². The second-order valence-electron chi connectivity index (χ2n) is 4.08. The van der Waals surface area contributed by atoms with E-state index in [2.05, 4.69) is 5.32 Å². The second kappa shape index (κ2) is 5.50. The Kier molecular flexibility index (Phi) is 3.97. The number of thiophene rings is 1. The zero-order valence-electron chi connectivity index (χ0n) is 10.2. The van der Waals surface area contributed by atoms with Gasteiger partial charge >= 0.3 is 5.97 Å². The number of carboxylic acid groups (broad SMARTS) is 1. The number of benzene rings is 1. The largest absolute Gasteiger partial charge is 0.478 e. The minimum Gasteiger partial charge on any atom is -0.478 e. The fourth-order valence-corrected chi connectivity index (χ4v) is 2.82. The number of anilines is 2. The van der Waals surface area contributed by atoms with Crippen LogP contribution in [-0.2, 0) is 0 Å². The van der Waals surface area contributed by atoms with Gasteiger partial charge in [-0.25, -0.2) is 4.79 Å². The summed E-state index contributed by atoms with van der Waals surface area (Å²) in [5, 5.41) is 12.3. The topological polar surface area (TPSA) is 75.3 Å². The minimum atomic E-state index is -1.01. The van der Waals surface area contributed by atoms with Gasteiger partial charge in [-0.15, -0.1) is 11.3 Å². The highest BCUT2D eigenvalue weighted by atomic mass is 35.5. The Morgan fingerprint density at radius 3 is 2.74 bits per heavy atom. The van der Waals surface area contributed by atoms with Gasteiger partial charge in [0, 0.05) is 4.88 Å². The Bertz CT molecular complexity index is 612. The first-order valence-corrected chi connectivity index (χ1v) is 6.82. The lowest BCUT2D eigenvalue weighted by Gasteiger charge is -2.17. The van der Waals surface area contributed by atoms with Crippen LogP contribution in [-0.4, -0.2) is 11.1 Å². The van der Waals surface area contributed by atoms with Crippen LogP contribution in [0.25, 0.3) is 0 Å². The smallest absolute Gasteiger partial charge is 0.337 e. The molecule has 1 aromatic heterocycles. The summed E-state index contributed by atoms with van der Waals surface area (Å²) in [5.74, 6) is -1.01. The number of halogens is 1. The van der Waals surface area contributed by atoms with Crippen LogP contribution >= 0.6 is 22.9 Å². The molecular formula is C13H13ClN2O2S. The molecule has 0 saturated carbocycles. The molecular weight excluding hydrogens is 284 g/mol. The first kappa shape index (κ1) is 13.7. The minimum absolute atomic E-state index is 0.0692. The maximum absolute atomic E-state index is 11.2. The molecule has 0 aliphatic heterocycles. The molecule has 0 saturated heterocycles. The lowest BCUT2D eigenvalue weighted by atomic mass is 10.1. The number of hydrogen-bond donors (Lipinski definition) is 3. The molecule has 6 heteroatoms. The summed E-state index contributed by atoms with van der Waals surface area (Å²) in [5.41, 5.74) is 6.85. The summed E-state index contributed by atoms with van der Waals surface area (Å²) in [6.45, 7) is 1.93. The van der Waals surface area contributed by atoms with Gasteiger partial charge in [0.25, 0.3) is 0 Å². The van der Waals surface area contributed by atoms with Crippen molar-refractivity contribution in [2.45, 2.75) is 13.0 Å². The van der Waals surface area contributed by atoms with Gasteiger partial charge in [0.05, 0.1) is 27.3 Å². The molecule has 1 aromatic carbocycles. The van der Waals surface area contributed by atoms with Gasteiger partial charge in [0.15, 0.2) is 0 Å². The molecule has 19 heavy (non-hydrogen) atoms. The van der Waals surface area contributed by atoms with Gasteiger partial charge in [0.2, 0.25) is 0 Å². The highest BCUT2D eigenvalue weighted by molar-refractivity contribution is 7.16. The van der Waals surface area contributed by atoms with E-state index in [0.717, 1.165) is 4.88 Å². The Labute approximate surface area is 119 Å². The number of aromatic carboxylic acids is 1. The average molecular weight is 297 g/mol. The number of hydrogen-bond acceptors (Lipinski definition) is 4. The van der Waals surface area contributed by atoms with E-state index >= 15 is 0 Å². The van der Waals surface area contributed by atoms with Crippen LogP contribution in [0.15, 0.2) is 30.3 Å². The summed E-state index contributed by atoms with van der Waals surface area (Å²) in [6.07, 6.45) is 0. The highest BCUT2D eigenvalue weighted by Gasteiger charge is 2.16. The third-order valence-electron chi connectivity index (χ3n) is 2.71. The zero-order valence-corrected chi connectivity index (χ0v) is 11.8. The van der Waals surface area contributed by atoms with Gasteiger partial charge in [-0.05, 0) is 31.2 Å². The predicted octanol–water partition coefficient (Wildman–Crippen LogP) is 3.86. The molecule has 0 fully saturated rings. The van der Waals surface area contributed by atoms with Crippen LogP contribution in [0.2, 0.25) is 4.34 Å². The van der Waals surface area contributed by atoms with Crippen molar-refractivity contribution >= 4 is 40.3 Å². The number of nitrogens with two attached hydrogens (primary N) is 1. The molecule has 100 valence electrons. The molecule has 2 rings (SSSR count). The van der Waals surface area contributed by atoms with Gasteiger partial charge in [-0.3, -0.25) is 0 Å². The fourth-order valence-electron chi connectivity index (χ4n) is 1.76. The SMILES string of the molecule is CC(Nc1c(N)cccc1C(=O)O)c1ccc(Cl)s1. The summed E-state index contributed by atoms with van der Waals surface area (Å²) in [6, 6.07) is 8.46. The van der Waals surface area contributed by atoms with Gasteiger partial charge in [0.1, 0.15) is 0 Å². The molecule has 1 heterocycles. The Balaban J connectivity index is 2.30. The van der Waals surface area contributed by atoms with Gasteiger partial charge in [-0.1, -0.05) is 17.7 Å². The summed E-state index contributed by atoms with van der Waals surface area (Å²) in [4.78, 5) is 12.2. The van der Waals surface area contributed by atoms with Crippen molar-refractivity contribution in [1.29, 1.82) is 0 Å². The molecule has 0 amide bonds. The second-order valence-corrected chi connectivity index (χ2v) is 5.83. The average Bonchev–Trinajstić information content (AvgIpc) is 2.78. The van der Waals surface area contributed by atoms with Crippen molar-refractivity contribution in [1.82, 2.24) is 0 Å². The van der Waals surface area contributed by atoms with Crippen molar-refractivity contribution in [2.24, 2.45) is 0 Å². The van der Waals surface area contributed by atoms with Gasteiger partial charge < -0.3 is 16.2 Å². The third kappa shape index (κ3) is 3.00. The molecule has 1 unspecified atom stereocenters. The van der Waals surface area contributed by atoms with Crippen LogP contribution < -0.4 is 11.1 Å². The molecule has 0 radical (unpaired) electrons. The van der Waals surface area contributed by atoms with Crippen molar-refractivity contribution in [2.75, 3.05) is 11.1 Å². The lowest BCUT2D eigenvalue weighted by molar-refractivity contribution is 0.0698. The molecule has 0 aliphatic carbocycles. The van der Waals surface area contributed by atoms with Crippen molar-refractivity contribution in [3.05, 3.63) is 45.1 Å². The summed E-state index contributed by atoms with van der Waals surface area (Å²) in [7, 11) is 0. The quantitative estimate of drug-likeness (QED) is 0.749. The standard InChI is InChI=1S/C13H13ClN2O2S/c1-7(10-5-6-11(14)19-10)16-12-8(13(17)18)3-2-4-9(12)15/h2-7,16H,15H2,1H3,(H,17,18). The molecule has 4 nitrogen and oxygen atoms in total. The van der Waals surface area contributed by atoms with E-state index in [1.165, 1.54) is 17.4 Å². The Hall–Kier alpha value is -1.72. The third-order valence-corrected chi connectivity index (χ3v) is 4.12. The number of para-hydroxylation sites is 1. The van der Waals surface area contributed by atoms with Gasteiger partial charge in [-0.2, -0.15) is 0 Å². The van der Waals surface area contributed by atoms with E-state index in [-0.39, 0.29) is 11.6 Å². The normalized spacial score (nSPS) is 12.1.